The monoisotopic (exact) mass is 230 g/mol. The molecule has 0 aromatic heterocycles. The average molecular weight is 230 g/mol. The third-order valence-corrected chi connectivity index (χ3v) is 2.18. The van der Waals surface area contributed by atoms with Gasteiger partial charge in [0.2, 0.25) is 0 Å². The molecule has 0 aliphatic heterocycles. The number of aliphatic hydroxyl groups excluding tert-OH is 1. The third kappa shape index (κ3) is 10.3. The van der Waals surface area contributed by atoms with Gasteiger partial charge in [-0.15, -0.1) is 0 Å². The van der Waals surface area contributed by atoms with E-state index in [1.54, 1.807) is 12.1 Å². The average Bonchev–Trinajstić information content (AvgIpc) is 2.34. The zero-order valence-electron chi connectivity index (χ0n) is 10.8. The van der Waals surface area contributed by atoms with Crippen LogP contribution in [0.25, 0.3) is 6.08 Å². The summed E-state index contributed by atoms with van der Waals surface area (Å²) in [6, 6.07) is 6.23. The first kappa shape index (κ1) is 16.4. The Balaban J connectivity index is 0.000000437. The van der Waals surface area contributed by atoms with E-state index in [0.717, 1.165) is 5.56 Å². The first-order valence-electron chi connectivity index (χ1n) is 6.27. The van der Waals surface area contributed by atoms with Crippen LogP contribution in [0.4, 0.5) is 4.39 Å². The number of rotatable bonds is 5. The maximum atomic E-state index is 12.4. The summed E-state index contributed by atoms with van der Waals surface area (Å²) in [5, 5.41) is 9.82. The molecule has 90 valence electrons. The zero-order valence-corrected chi connectivity index (χ0v) is 10.8. The van der Waals surface area contributed by atoms with E-state index in [2.05, 4.69) is 24.6 Å². The number of hydrogen-bond acceptors (Lipinski definition) is 1. The van der Waals surface area contributed by atoms with E-state index < -0.39 is 0 Å². The van der Waals surface area contributed by atoms with Crippen LogP contribution in [0.2, 0.25) is 5.09 Å². The molecule has 0 atom stereocenters. The molecule has 1 nitrogen and oxygen atoms in total. The van der Waals surface area contributed by atoms with Crippen molar-refractivity contribution in [3.63, 3.8) is 0 Å². The van der Waals surface area contributed by atoms with Gasteiger partial charge in [-0.2, -0.15) is 0 Å². The predicted molar refractivity (Wildman–Crippen MR) is 72.6 cm³/mol. The Kier molecular flexibility index (Phi) is 11.5. The van der Waals surface area contributed by atoms with Crippen LogP contribution < -0.4 is 0 Å². The van der Waals surface area contributed by atoms with E-state index in [1.807, 2.05) is 12.2 Å². The van der Waals surface area contributed by atoms with E-state index in [9.17, 15) is 4.39 Å². The molecule has 0 fully saturated rings. The van der Waals surface area contributed by atoms with Crippen molar-refractivity contribution in [3.05, 3.63) is 41.7 Å². The molecular weight excluding hydrogens is 210 g/mol. The minimum atomic E-state index is -0.227. The number of aliphatic hydroxyl groups is 1. The molecule has 0 aliphatic carbocycles. The van der Waals surface area contributed by atoms with Gasteiger partial charge in [-0.05, 0) is 24.1 Å². The van der Waals surface area contributed by atoms with Gasteiger partial charge in [0, 0.05) is 6.61 Å². The SMILES string of the molecule is OCCC=Cc1ccc(F)cc1.[Li][CH2]CCC. The van der Waals surface area contributed by atoms with Crippen LogP contribution in [-0.2, 0) is 0 Å². The van der Waals surface area contributed by atoms with Gasteiger partial charge in [0.05, 0.1) is 0 Å². The molecule has 0 unspecified atom stereocenters. The third-order valence-electron chi connectivity index (χ3n) is 2.18. The summed E-state index contributed by atoms with van der Waals surface area (Å²) < 4.78 is 12.4. The van der Waals surface area contributed by atoms with Gasteiger partial charge in [0.1, 0.15) is 5.82 Å². The van der Waals surface area contributed by atoms with Gasteiger partial charge in [0.15, 0.2) is 0 Å². The van der Waals surface area contributed by atoms with Crippen molar-refractivity contribution in [2.75, 3.05) is 6.61 Å². The summed E-state index contributed by atoms with van der Waals surface area (Å²) in [5.41, 5.74) is 0.949. The first-order chi connectivity index (χ1) is 8.24. The van der Waals surface area contributed by atoms with Crippen molar-refractivity contribution in [1.82, 2.24) is 0 Å². The van der Waals surface area contributed by atoms with E-state index >= 15 is 0 Å². The van der Waals surface area contributed by atoms with Crippen molar-refractivity contribution in [3.8, 4) is 0 Å². The summed E-state index contributed by atoms with van der Waals surface area (Å²) in [7, 11) is 0. The van der Waals surface area contributed by atoms with Crippen molar-refractivity contribution >= 4 is 23.8 Å². The molecule has 0 bridgehead atoms. The van der Waals surface area contributed by atoms with Gasteiger partial charge in [-0.1, -0.05) is 24.3 Å². The fourth-order valence-corrected chi connectivity index (χ4v) is 1.22. The van der Waals surface area contributed by atoms with Gasteiger partial charge >= 0.3 is 42.6 Å². The minimum absolute atomic E-state index is 0.150. The number of unbranched alkanes of at least 4 members (excludes halogenated alkanes) is 1. The topological polar surface area (TPSA) is 20.2 Å². The van der Waals surface area contributed by atoms with Crippen LogP contribution in [-0.4, -0.2) is 29.4 Å². The molecule has 0 radical (unpaired) electrons. The van der Waals surface area contributed by atoms with E-state index in [4.69, 9.17) is 5.11 Å². The molecule has 0 amide bonds. The summed E-state index contributed by atoms with van der Waals surface area (Å²) >= 11 is 2.21. The van der Waals surface area contributed by atoms with Gasteiger partial charge in [-0.25, -0.2) is 4.39 Å². The Morgan fingerprint density at radius 1 is 1.29 bits per heavy atom. The molecule has 0 saturated carbocycles. The maximum absolute atomic E-state index is 12.4. The summed E-state index contributed by atoms with van der Waals surface area (Å²) in [6.45, 7) is 2.36. The van der Waals surface area contributed by atoms with Crippen LogP contribution in [0, 0.1) is 5.82 Å². The molecule has 0 saturated heterocycles. The van der Waals surface area contributed by atoms with Gasteiger partial charge in [0.25, 0.3) is 0 Å². The fourth-order valence-electron chi connectivity index (χ4n) is 1.22. The van der Waals surface area contributed by atoms with Crippen LogP contribution in [0.5, 0.6) is 0 Å². The molecule has 17 heavy (non-hydrogen) atoms. The van der Waals surface area contributed by atoms with E-state index in [1.165, 1.54) is 30.1 Å². The molecule has 0 heterocycles. The van der Waals surface area contributed by atoms with E-state index in [0.29, 0.717) is 6.42 Å². The zero-order chi connectivity index (χ0) is 12.9. The van der Waals surface area contributed by atoms with Gasteiger partial charge < -0.3 is 5.11 Å². The number of hydrogen-bond donors (Lipinski definition) is 1. The summed E-state index contributed by atoms with van der Waals surface area (Å²) in [4.78, 5) is 0. The Bertz CT molecular complexity index is 294. The molecule has 3 heteroatoms. The molecule has 0 spiro atoms. The second-order valence-electron chi connectivity index (χ2n) is 3.82. The predicted octanol–water partition coefficient (Wildman–Crippen LogP) is 3.59. The summed E-state index contributed by atoms with van der Waals surface area (Å²) in [5.74, 6) is -0.227. The molecular formula is C14H20FLiO. The van der Waals surface area contributed by atoms with Crippen LogP contribution >= 0.6 is 0 Å². The second-order valence-corrected chi connectivity index (χ2v) is 3.82. The first-order valence-corrected chi connectivity index (χ1v) is 6.27. The number of benzene rings is 1. The van der Waals surface area contributed by atoms with Crippen LogP contribution in [0.1, 0.15) is 31.7 Å². The van der Waals surface area contributed by atoms with Crippen molar-refractivity contribution < 1.29 is 9.50 Å². The molecule has 1 N–H and O–H groups in total. The molecule has 0 aliphatic rings. The Labute approximate surface area is 113 Å². The molecule has 1 rings (SSSR count). The second kappa shape index (κ2) is 11.9. The Morgan fingerprint density at radius 2 is 1.94 bits per heavy atom. The quantitative estimate of drug-likeness (QED) is 0.766. The Hall–Kier alpha value is -0.553. The normalized spacial score (nSPS) is 10.2. The number of halogens is 1. The van der Waals surface area contributed by atoms with Gasteiger partial charge in [-0.3, -0.25) is 0 Å². The van der Waals surface area contributed by atoms with Crippen LogP contribution in [0.15, 0.2) is 30.3 Å². The van der Waals surface area contributed by atoms with Crippen LogP contribution in [0.3, 0.4) is 0 Å². The summed E-state index contributed by atoms with van der Waals surface area (Å²) in [6.07, 6.45) is 7.08. The molecule has 1 aromatic carbocycles. The van der Waals surface area contributed by atoms with E-state index in [-0.39, 0.29) is 12.4 Å². The van der Waals surface area contributed by atoms with Crippen molar-refractivity contribution in [2.24, 2.45) is 0 Å². The fraction of sp³-hybridized carbons (Fsp3) is 0.429. The standard InChI is InChI=1S/C10H11FO.C4H9.Li/c11-10-6-4-9(5-7-10)3-1-2-8-12;1-3-4-2;/h1,3-7,12H,2,8H2;1,3-4H2,2H3;. The van der Waals surface area contributed by atoms with Crippen molar-refractivity contribution in [1.29, 1.82) is 0 Å². The van der Waals surface area contributed by atoms with Crippen molar-refractivity contribution in [2.45, 2.75) is 31.3 Å². The Morgan fingerprint density at radius 3 is 2.35 bits per heavy atom. The molecule has 1 aromatic rings.